The number of fused-ring (bicyclic) bond motifs is 1. The summed E-state index contributed by atoms with van der Waals surface area (Å²) in [5.74, 6) is 0.930. The zero-order valence-electron chi connectivity index (χ0n) is 13.3. The Morgan fingerprint density at radius 1 is 1.29 bits per heavy atom. The van der Waals surface area contributed by atoms with E-state index >= 15 is 0 Å². The molecule has 1 saturated carbocycles. The van der Waals surface area contributed by atoms with Crippen LogP contribution in [0.5, 0.6) is 0 Å². The maximum atomic E-state index is 6.16. The van der Waals surface area contributed by atoms with Crippen LogP contribution in [0.15, 0.2) is 6.20 Å². The summed E-state index contributed by atoms with van der Waals surface area (Å²) in [4.78, 5) is 9.68. The summed E-state index contributed by atoms with van der Waals surface area (Å²) in [6.45, 7) is 2.81. The van der Waals surface area contributed by atoms with Crippen molar-refractivity contribution in [1.29, 1.82) is 0 Å². The van der Waals surface area contributed by atoms with Crippen molar-refractivity contribution in [2.75, 3.05) is 13.7 Å². The summed E-state index contributed by atoms with van der Waals surface area (Å²) >= 11 is 0. The Morgan fingerprint density at radius 3 is 2.81 bits per heavy atom. The molecule has 1 atom stereocenters. The number of nitrogens with zero attached hydrogens (tertiary/aromatic N) is 2. The second kappa shape index (κ2) is 6.41. The van der Waals surface area contributed by atoms with Crippen molar-refractivity contribution >= 4 is 0 Å². The average Bonchev–Trinajstić information content (AvgIpc) is 2.55. The fourth-order valence-corrected chi connectivity index (χ4v) is 3.90. The largest absolute Gasteiger partial charge is 0.367 e. The minimum atomic E-state index is -0.228. The first-order valence-electron chi connectivity index (χ1n) is 8.46. The van der Waals surface area contributed by atoms with Gasteiger partial charge in [0.2, 0.25) is 0 Å². The zero-order valence-corrected chi connectivity index (χ0v) is 13.3. The third-order valence-electron chi connectivity index (χ3n) is 5.02. The molecule has 2 aliphatic carbocycles. The number of hydrogen-bond acceptors (Lipinski definition) is 4. The fraction of sp³-hybridized carbons (Fsp3) is 0.765. The summed E-state index contributed by atoms with van der Waals surface area (Å²) in [5, 5.41) is 3.38. The molecule has 4 nitrogen and oxygen atoms in total. The van der Waals surface area contributed by atoms with Crippen LogP contribution in [0.1, 0.15) is 75.0 Å². The Bertz CT molecular complexity index is 477. The lowest BCUT2D eigenvalue weighted by Crippen LogP contribution is -2.35. The minimum absolute atomic E-state index is 0.228. The Kier molecular flexibility index (Phi) is 4.55. The fourth-order valence-electron chi connectivity index (χ4n) is 3.90. The van der Waals surface area contributed by atoms with E-state index in [1.54, 1.807) is 0 Å². The van der Waals surface area contributed by atoms with Gasteiger partial charge in [-0.05, 0) is 46.1 Å². The van der Waals surface area contributed by atoms with E-state index in [1.165, 1.54) is 43.4 Å². The third-order valence-corrected chi connectivity index (χ3v) is 5.02. The van der Waals surface area contributed by atoms with Crippen molar-refractivity contribution in [2.45, 2.75) is 69.9 Å². The smallest absolute Gasteiger partial charge is 0.160 e. The summed E-state index contributed by atoms with van der Waals surface area (Å²) < 4.78 is 6.16. The predicted molar refractivity (Wildman–Crippen MR) is 83.2 cm³/mol. The quantitative estimate of drug-likeness (QED) is 0.924. The van der Waals surface area contributed by atoms with Crippen LogP contribution in [-0.2, 0) is 16.8 Å². The summed E-state index contributed by atoms with van der Waals surface area (Å²) in [7, 11) is 2.02. The molecule has 1 N–H and O–H groups in total. The van der Waals surface area contributed by atoms with Crippen molar-refractivity contribution in [2.24, 2.45) is 0 Å². The van der Waals surface area contributed by atoms with Gasteiger partial charge in [-0.3, -0.25) is 0 Å². The Morgan fingerprint density at radius 2 is 2.10 bits per heavy atom. The molecule has 2 aliphatic rings. The van der Waals surface area contributed by atoms with Crippen molar-refractivity contribution in [1.82, 2.24) is 15.3 Å². The first-order chi connectivity index (χ1) is 10.3. The Labute approximate surface area is 127 Å². The number of nitrogens with one attached hydrogen (secondary N) is 1. The summed E-state index contributed by atoms with van der Waals surface area (Å²) in [5.41, 5.74) is 2.29. The van der Waals surface area contributed by atoms with Gasteiger partial charge in [0, 0.05) is 30.1 Å². The average molecular weight is 289 g/mol. The highest BCUT2D eigenvalue weighted by Gasteiger charge is 2.38. The number of aryl methyl sites for hydroxylation is 1. The first kappa shape index (κ1) is 14.9. The van der Waals surface area contributed by atoms with Gasteiger partial charge in [-0.25, -0.2) is 9.97 Å². The Balaban J connectivity index is 1.94. The summed E-state index contributed by atoms with van der Waals surface area (Å²) in [6, 6.07) is 0.414. The second-order valence-electron chi connectivity index (χ2n) is 6.32. The molecular formula is C17H27N3O. The lowest BCUT2D eigenvalue weighted by atomic mass is 9.83. The minimum Gasteiger partial charge on any atom is -0.367 e. The van der Waals surface area contributed by atoms with Crippen LogP contribution in [0, 0.1) is 0 Å². The SMILES string of the molecule is CCOC1(c2ncc3c(n2)CCCC3NC)CCCCC1. The van der Waals surface area contributed by atoms with Crippen molar-refractivity contribution in [3.05, 3.63) is 23.3 Å². The van der Waals surface area contributed by atoms with Crippen LogP contribution >= 0.6 is 0 Å². The van der Waals surface area contributed by atoms with Crippen LogP contribution in [0.2, 0.25) is 0 Å². The molecule has 21 heavy (non-hydrogen) atoms. The van der Waals surface area contributed by atoms with E-state index in [-0.39, 0.29) is 5.60 Å². The molecule has 1 unspecified atom stereocenters. The van der Waals surface area contributed by atoms with E-state index in [0.29, 0.717) is 6.04 Å². The molecule has 0 aromatic carbocycles. The number of aromatic nitrogens is 2. The predicted octanol–water partition coefficient (Wildman–Crippen LogP) is 3.27. The van der Waals surface area contributed by atoms with E-state index < -0.39 is 0 Å². The maximum Gasteiger partial charge on any atom is 0.160 e. The van der Waals surface area contributed by atoms with Crippen LogP contribution in [0.3, 0.4) is 0 Å². The molecule has 0 bridgehead atoms. The summed E-state index contributed by atoms with van der Waals surface area (Å²) in [6.07, 6.45) is 11.4. The molecule has 3 rings (SSSR count). The van der Waals surface area contributed by atoms with Crippen LogP contribution in [0.25, 0.3) is 0 Å². The van der Waals surface area contributed by atoms with Gasteiger partial charge in [-0.2, -0.15) is 0 Å². The molecule has 4 heteroatoms. The number of rotatable bonds is 4. The Hall–Kier alpha value is -1.00. The van der Waals surface area contributed by atoms with Crippen molar-refractivity contribution in [3.63, 3.8) is 0 Å². The monoisotopic (exact) mass is 289 g/mol. The zero-order chi connectivity index (χ0) is 14.7. The second-order valence-corrected chi connectivity index (χ2v) is 6.32. The van der Waals surface area contributed by atoms with Gasteiger partial charge < -0.3 is 10.1 Å². The van der Waals surface area contributed by atoms with E-state index in [2.05, 4.69) is 12.2 Å². The molecule has 0 spiro atoms. The molecule has 1 heterocycles. The number of hydrogen-bond donors (Lipinski definition) is 1. The van der Waals surface area contributed by atoms with Crippen LogP contribution in [-0.4, -0.2) is 23.6 Å². The molecule has 0 aliphatic heterocycles. The highest BCUT2D eigenvalue weighted by Crippen LogP contribution is 2.39. The lowest BCUT2D eigenvalue weighted by molar-refractivity contribution is -0.0769. The van der Waals surface area contributed by atoms with Gasteiger partial charge in [0.1, 0.15) is 5.60 Å². The molecule has 116 valence electrons. The molecular weight excluding hydrogens is 262 g/mol. The lowest BCUT2D eigenvalue weighted by Gasteiger charge is -2.36. The van der Waals surface area contributed by atoms with Crippen molar-refractivity contribution < 1.29 is 4.74 Å². The standard InChI is InChI=1S/C17H27N3O/c1-3-21-17(10-5-4-6-11-17)16-19-12-13-14(18-2)8-7-9-15(13)20-16/h12,14,18H,3-11H2,1-2H3. The van der Waals surface area contributed by atoms with Gasteiger partial charge in [0.25, 0.3) is 0 Å². The highest BCUT2D eigenvalue weighted by molar-refractivity contribution is 5.26. The van der Waals surface area contributed by atoms with Gasteiger partial charge in [0.15, 0.2) is 5.82 Å². The van der Waals surface area contributed by atoms with E-state index in [1.807, 2.05) is 13.2 Å². The van der Waals surface area contributed by atoms with E-state index in [9.17, 15) is 0 Å². The molecule has 0 amide bonds. The van der Waals surface area contributed by atoms with Gasteiger partial charge in [-0.15, -0.1) is 0 Å². The molecule has 1 aromatic heterocycles. The molecule has 1 fully saturated rings. The molecule has 0 saturated heterocycles. The molecule has 0 radical (unpaired) electrons. The molecule has 1 aromatic rings. The third kappa shape index (κ3) is 2.84. The maximum absolute atomic E-state index is 6.16. The van der Waals surface area contributed by atoms with E-state index in [0.717, 1.165) is 31.7 Å². The highest BCUT2D eigenvalue weighted by atomic mass is 16.5. The normalized spacial score (nSPS) is 24.6. The number of ether oxygens (including phenoxy) is 1. The topological polar surface area (TPSA) is 47.0 Å². The van der Waals surface area contributed by atoms with Gasteiger partial charge in [-0.1, -0.05) is 19.3 Å². The van der Waals surface area contributed by atoms with Gasteiger partial charge in [0.05, 0.1) is 0 Å². The van der Waals surface area contributed by atoms with Crippen molar-refractivity contribution in [3.8, 4) is 0 Å². The van der Waals surface area contributed by atoms with Crippen LogP contribution < -0.4 is 5.32 Å². The van der Waals surface area contributed by atoms with E-state index in [4.69, 9.17) is 14.7 Å². The van der Waals surface area contributed by atoms with Gasteiger partial charge >= 0.3 is 0 Å². The van der Waals surface area contributed by atoms with Crippen LogP contribution in [0.4, 0.5) is 0 Å². The first-order valence-corrected chi connectivity index (χ1v) is 8.46.